The molecule has 0 aliphatic heterocycles. The number of carbonyl (C=O) groups excluding carboxylic acids is 1. The summed E-state index contributed by atoms with van der Waals surface area (Å²) in [4.78, 5) is 17.6. The number of para-hydroxylation sites is 1. The Morgan fingerprint density at radius 2 is 2.11 bits per heavy atom. The first kappa shape index (κ1) is 13.3. The summed E-state index contributed by atoms with van der Waals surface area (Å²) in [5.41, 5.74) is 0.749. The molecule has 1 N–H and O–H groups in total. The number of hydrogen-bond acceptors (Lipinski definition) is 4. The van der Waals surface area contributed by atoms with E-state index in [0.29, 0.717) is 0 Å². The molecule has 5 heteroatoms. The number of hydrogen-bond donors (Lipinski definition) is 1. The summed E-state index contributed by atoms with van der Waals surface area (Å²) in [6.07, 6.45) is 2.37. The lowest BCUT2D eigenvalue weighted by Crippen LogP contribution is -2.16. The third kappa shape index (κ3) is 4.93. The van der Waals surface area contributed by atoms with Crippen molar-refractivity contribution in [2.24, 2.45) is 5.16 Å². The minimum Gasteiger partial charge on any atom is -0.386 e. The van der Waals surface area contributed by atoms with Crippen molar-refractivity contribution < 1.29 is 9.63 Å². The SMILES string of the molecule is O=C(CON=CCc1cccs1)Nc1ccccc1. The van der Waals surface area contributed by atoms with Gasteiger partial charge in [0.05, 0.1) is 0 Å². The predicted octanol–water partition coefficient (Wildman–Crippen LogP) is 2.93. The van der Waals surface area contributed by atoms with Crippen LogP contribution in [0.3, 0.4) is 0 Å². The van der Waals surface area contributed by atoms with Crippen LogP contribution in [0.15, 0.2) is 53.0 Å². The van der Waals surface area contributed by atoms with Gasteiger partial charge in [-0.15, -0.1) is 11.3 Å². The van der Waals surface area contributed by atoms with Crippen LogP contribution < -0.4 is 5.32 Å². The molecule has 1 aromatic carbocycles. The number of benzene rings is 1. The molecule has 4 nitrogen and oxygen atoms in total. The van der Waals surface area contributed by atoms with E-state index in [-0.39, 0.29) is 12.5 Å². The van der Waals surface area contributed by atoms with Gasteiger partial charge in [0.25, 0.3) is 5.91 Å². The number of amides is 1. The normalized spacial score (nSPS) is 10.5. The van der Waals surface area contributed by atoms with Crippen LogP contribution in [0.4, 0.5) is 5.69 Å². The predicted molar refractivity (Wildman–Crippen MR) is 77.5 cm³/mol. The topological polar surface area (TPSA) is 50.7 Å². The van der Waals surface area contributed by atoms with Crippen LogP contribution in [0.1, 0.15) is 4.88 Å². The van der Waals surface area contributed by atoms with Crippen LogP contribution in [0.2, 0.25) is 0 Å². The molecular weight excluding hydrogens is 260 g/mol. The standard InChI is InChI=1S/C14H14N2O2S/c17-14(16-12-5-2-1-3-6-12)11-18-15-9-8-13-7-4-10-19-13/h1-7,9-10H,8,11H2,(H,16,17). The fourth-order valence-electron chi connectivity index (χ4n) is 1.42. The van der Waals surface area contributed by atoms with E-state index < -0.39 is 0 Å². The van der Waals surface area contributed by atoms with E-state index in [0.717, 1.165) is 12.1 Å². The molecule has 98 valence electrons. The molecule has 0 unspecified atom stereocenters. The van der Waals surface area contributed by atoms with E-state index in [1.807, 2.05) is 47.8 Å². The number of anilines is 1. The van der Waals surface area contributed by atoms with Crippen molar-refractivity contribution >= 4 is 29.1 Å². The number of nitrogens with zero attached hydrogens (tertiary/aromatic N) is 1. The average Bonchev–Trinajstić information content (AvgIpc) is 2.92. The number of rotatable bonds is 6. The lowest BCUT2D eigenvalue weighted by molar-refractivity contribution is -0.120. The Balaban J connectivity index is 1.65. The van der Waals surface area contributed by atoms with Crippen molar-refractivity contribution in [3.05, 3.63) is 52.7 Å². The smallest absolute Gasteiger partial charge is 0.265 e. The molecule has 0 fully saturated rings. The molecule has 2 aromatic rings. The van der Waals surface area contributed by atoms with Crippen LogP contribution in [-0.2, 0) is 16.1 Å². The second-order valence-corrected chi connectivity index (χ2v) is 4.79. The molecule has 1 aromatic heterocycles. The van der Waals surface area contributed by atoms with Crippen LogP contribution in [0.5, 0.6) is 0 Å². The van der Waals surface area contributed by atoms with Crippen molar-refractivity contribution in [2.45, 2.75) is 6.42 Å². The molecule has 0 aliphatic rings. The second kappa shape index (κ2) is 7.33. The second-order valence-electron chi connectivity index (χ2n) is 3.76. The van der Waals surface area contributed by atoms with Gasteiger partial charge in [0.2, 0.25) is 0 Å². The van der Waals surface area contributed by atoms with E-state index in [2.05, 4.69) is 10.5 Å². The zero-order valence-electron chi connectivity index (χ0n) is 10.3. The van der Waals surface area contributed by atoms with Crippen LogP contribution in [0, 0.1) is 0 Å². The fraction of sp³-hybridized carbons (Fsp3) is 0.143. The van der Waals surface area contributed by atoms with Gasteiger partial charge in [0.1, 0.15) is 0 Å². The molecular formula is C14H14N2O2S. The first-order chi connectivity index (χ1) is 9.34. The van der Waals surface area contributed by atoms with Gasteiger partial charge in [0.15, 0.2) is 6.61 Å². The zero-order chi connectivity index (χ0) is 13.3. The Morgan fingerprint density at radius 1 is 1.26 bits per heavy atom. The summed E-state index contributed by atoms with van der Waals surface area (Å²) in [6.45, 7) is -0.0875. The van der Waals surface area contributed by atoms with Gasteiger partial charge in [0, 0.05) is 23.2 Å². The Kier molecular flexibility index (Phi) is 5.13. The lowest BCUT2D eigenvalue weighted by Gasteiger charge is -2.03. The van der Waals surface area contributed by atoms with Gasteiger partial charge < -0.3 is 10.2 Å². The number of nitrogens with one attached hydrogen (secondary N) is 1. The van der Waals surface area contributed by atoms with Crippen LogP contribution in [-0.4, -0.2) is 18.7 Å². The highest BCUT2D eigenvalue weighted by atomic mass is 32.1. The molecule has 0 radical (unpaired) electrons. The summed E-state index contributed by atoms with van der Waals surface area (Å²) < 4.78 is 0. The van der Waals surface area contributed by atoms with Crippen molar-refractivity contribution in [2.75, 3.05) is 11.9 Å². The summed E-state index contributed by atoms with van der Waals surface area (Å²) in [5.74, 6) is -0.223. The molecule has 2 rings (SSSR count). The summed E-state index contributed by atoms with van der Waals surface area (Å²) in [7, 11) is 0. The monoisotopic (exact) mass is 274 g/mol. The molecule has 1 amide bonds. The highest BCUT2D eigenvalue weighted by Gasteiger charge is 2.01. The summed E-state index contributed by atoms with van der Waals surface area (Å²) in [5, 5.41) is 8.47. The minimum atomic E-state index is -0.223. The van der Waals surface area contributed by atoms with Gasteiger partial charge >= 0.3 is 0 Å². The molecule has 19 heavy (non-hydrogen) atoms. The fourth-order valence-corrected chi connectivity index (χ4v) is 2.08. The molecule has 0 bridgehead atoms. The van der Waals surface area contributed by atoms with Crippen molar-refractivity contribution in [1.82, 2.24) is 0 Å². The van der Waals surface area contributed by atoms with Crippen molar-refractivity contribution in [1.29, 1.82) is 0 Å². The van der Waals surface area contributed by atoms with Gasteiger partial charge in [-0.25, -0.2) is 0 Å². The summed E-state index contributed by atoms with van der Waals surface area (Å²) >= 11 is 1.66. The molecule has 0 spiro atoms. The first-order valence-corrected chi connectivity index (χ1v) is 6.73. The van der Waals surface area contributed by atoms with Gasteiger partial charge in [-0.3, -0.25) is 4.79 Å². The Bertz CT molecular complexity index is 524. The van der Waals surface area contributed by atoms with E-state index in [9.17, 15) is 4.79 Å². The third-order valence-electron chi connectivity index (χ3n) is 2.27. The number of oxime groups is 1. The van der Waals surface area contributed by atoms with Gasteiger partial charge in [-0.1, -0.05) is 29.4 Å². The Labute approximate surface area is 115 Å². The van der Waals surface area contributed by atoms with Gasteiger partial charge in [-0.05, 0) is 23.6 Å². The highest BCUT2D eigenvalue weighted by Crippen LogP contribution is 2.07. The molecule has 0 saturated heterocycles. The Hall–Kier alpha value is -2.14. The molecule has 0 aliphatic carbocycles. The maximum atomic E-state index is 11.5. The largest absolute Gasteiger partial charge is 0.386 e. The van der Waals surface area contributed by atoms with E-state index in [1.54, 1.807) is 17.6 Å². The maximum Gasteiger partial charge on any atom is 0.265 e. The third-order valence-corrected chi connectivity index (χ3v) is 3.17. The van der Waals surface area contributed by atoms with E-state index in [4.69, 9.17) is 4.84 Å². The van der Waals surface area contributed by atoms with Crippen LogP contribution >= 0.6 is 11.3 Å². The number of thiophene rings is 1. The molecule has 0 saturated carbocycles. The molecule has 0 atom stereocenters. The number of carbonyl (C=O) groups is 1. The maximum absolute atomic E-state index is 11.5. The van der Waals surface area contributed by atoms with Crippen molar-refractivity contribution in [3.63, 3.8) is 0 Å². The summed E-state index contributed by atoms with van der Waals surface area (Å²) in [6, 6.07) is 13.3. The zero-order valence-corrected chi connectivity index (χ0v) is 11.1. The lowest BCUT2D eigenvalue weighted by atomic mass is 10.3. The first-order valence-electron chi connectivity index (χ1n) is 5.85. The van der Waals surface area contributed by atoms with Gasteiger partial charge in [-0.2, -0.15) is 0 Å². The Morgan fingerprint density at radius 3 is 2.84 bits per heavy atom. The van der Waals surface area contributed by atoms with E-state index in [1.165, 1.54) is 4.88 Å². The van der Waals surface area contributed by atoms with Crippen molar-refractivity contribution in [3.8, 4) is 0 Å². The van der Waals surface area contributed by atoms with E-state index >= 15 is 0 Å². The minimum absolute atomic E-state index is 0.0875. The highest BCUT2D eigenvalue weighted by molar-refractivity contribution is 7.10. The quantitative estimate of drug-likeness (QED) is 0.650. The average molecular weight is 274 g/mol. The van der Waals surface area contributed by atoms with Crippen LogP contribution in [0.25, 0.3) is 0 Å². The molecule has 1 heterocycles.